The van der Waals surface area contributed by atoms with Gasteiger partial charge in [-0.25, -0.2) is 9.79 Å². The fraction of sp³-hybridized carbons (Fsp3) is 0.0500. The van der Waals surface area contributed by atoms with Crippen molar-refractivity contribution in [3.63, 3.8) is 0 Å². The van der Waals surface area contributed by atoms with Gasteiger partial charge in [0.2, 0.25) is 11.8 Å². The summed E-state index contributed by atoms with van der Waals surface area (Å²) in [5.41, 5.74) is 1.28. The molecule has 0 aliphatic carbocycles. The maximum atomic E-state index is 12.3. The van der Waals surface area contributed by atoms with Crippen LogP contribution in [0.5, 0.6) is 0 Å². The van der Waals surface area contributed by atoms with E-state index in [0.29, 0.717) is 11.1 Å². The normalized spacial score (nSPS) is 14.9. The molecule has 0 saturated carbocycles. The molecule has 9 heteroatoms. The number of fused-ring (bicyclic) bond motifs is 1. The highest BCUT2D eigenvalue weighted by Gasteiger charge is 2.26. The van der Waals surface area contributed by atoms with E-state index in [1.807, 2.05) is 18.2 Å². The van der Waals surface area contributed by atoms with Crippen molar-refractivity contribution >= 4 is 52.0 Å². The highest BCUT2D eigenvalue weighted by Crippen LogP contribution is 2.29. The smallest absolute Gasteiger partial charge is 0.363 e. The second kappa shape index (κ2) is 6.99. The average molecular weight is 410 g/mol. The third kappa shape index (κ3) is 3.30. The zero-order valence-corrected chi connectivity index (χ0v) is 15.7. The SMILES string of the molecule is CC(=O)n1cc(/C=C2\N=C(c3ccc(Cl)c([N+](=O)[O-])c3)OC2=O)c2ccccc21. The Bertz CT molecular complexity index is 1270. The lowest BCUT2D eigenvalue weighted by Gasteiger charge is -2.00. The maximum absolute atomic E-state index is 12.3. The Hall–Kier alpha value is -3.78. The Balaban J connectivity index is 1.78. The first-order chi connectivity index (χ1) is 13.8. The van der Waals surface area contributed by atoms with Crippen LogP contribution in [-0.4, -0.2) is 27.3 Å². The molecule has 0 saturated heterocycles. The van der Waals surface area contributed by atoms with Crippen LogP contribution in [0.1, 0.15) is 22.8 Å². The molecule has 0 amide bonds. The van der Waals surface area contributed by atoms with Crippen LogP contribution < -0.4 is 0 Å². The van der Waals surface area contributed by atoms with Crippen LogP contribution in [0.4, 0.5) is 5.69 Å². The van der Waals surface area contributed by atoms with Gasteiger partial charge < -0.3 is 4.74 Å². The molecule has 0 unspecified atom stereocenters. The summed E-state index contributed by atoms with van der Waals surface area (Å²) >= 11 is 5.82. The summed E-state index contributed by atoms with van der Waals surface area (Å²) in [5, 5.41) is 11.8. The minimum atomic E-state index is -0.697. The minimum Gasteiger partial charge on any atom is -0.402 e. The molecule has 144 valence electrons. The zero-order chi connectivity index (χ0) is 20.7. The number of carbonyl (C=O) groups is 2. The molecular weight excluding hydrogens is 398 g/mol. The molecule has 8 nitrogen and oxygen atoms in total. The first kappa shape index (κ1) is 18.6. The molecule has 0 radical (unpaired) electrons. The van der Waals surface area contributed by atoms with E-state index in [-0.39, 0.29) is 33.8 Å². The molecule has 2 heterocycles. The summed E-state index contributed by atoms with van der Waals surface area (Å²) in [7, 11) is 0. The van der Waals surface area contributed by atoms with E-state index >= 15 is 0 Å². The molecule has 1 aliphatic heterocycles. The number of halogens is 1. The van der Waals surface area contributed by atoms with E-state index in [0.717, 1.165) is 5.39 Å². The van der Waals surface area contributed by atoms with Crippen LogP contribution in [0.25, 0.3) is 17.0 Å². The highest BCUT2D eigenvalue weighted by atomic mass is 35.5. The topological polar surface area (TPSA) is 104 Å². The molecule has 0 spiro atoms. The van der Waals surface area contributed by atoms with E-state index in [1.54, 1.807) is 12.3 Å². The maximum Gasteiger partial charge on any atom is 0.363 e. The van der Waals surface area contributed by atoms with Crippen molar-refractivity contribution in [2.75, 3.05) is 0 Å². The van der Waals surface area contributed by atoms with Gasteiger partial charge in [-0.05, 0) is 24.3 Å². The Morgan fingerprint density at radius 2 is 2.03 bits per heavy atom. The minimum absolute atomic E-state index is 0.0176. The summed E-state index contributed by atoms with van der Waals surface area (Å²) in [6.45, 7) is 1.44. The number of rotatable bonds is 3. The van der Waals surface area contributed by atoms with Crippen molar-refractivity contribution in [3.05, 3.63) is 80.6 Å². The number of nitro benzene ring substituents is 1. The van der Waals surface area contributed by atoms with Crippen molar-refractivity contribution in [1.29, 1.82) is 0 Å². The van der Waals surface area contributed by atoms with Gasteiger partial charge in [-0.1, -0.05) is 29.8 Å². The molecule has 3 aromatic rings. The van der Waals surface area contributed by atoms with E-state index in [9.17, 15) is 19.7 Å². The predicted octanol–water partition coefficient (Wildman–Crippen LogP) is 4.21. The molecule has 1 aromatic heterocycles. The third-order valence-electron chi connectivity index (χ3n) is 4.38. The molecule has 2 aromatic carbocycles. The molecule has 4 rings (SSSR count). The number of cyclic esters (lactones) is 1. The third-order valence-corrected chi connectivity index (χ3v) is 4.70. The Labute approximate surface area is 168 Å². The monoisotopic (exact) mass is 409 g/mol. The standard InChI is InChI=1S/C20H12ClN3O5/c1-11(25)23-10-13(14-4-2-3-5-17(14)23)8-16-20(26)29-19(22-16)12-6-7-15(21)18(9-12)24(27)28/h2-10H,1H3/b16-8-. The number of hydrogen-bond acceptors (Lipinski definition) is 6. The predicted molar refractivity (Wildman–Crippen MR) is 107 cm³/mol. The first-order valence-electron chi connectivity index (χ1n) is 8.43. The molecule has 0 atom stereocenters. The Kier molecular flexibility index (Phi) is 4.48. The van der Waals surface area contributed by atoms with Gasteiger partial charge in [-0.15, -0.1) is 0 Å². The first-order valence-corrected chi connectivity index (χ1v) is 8.81. The van der Waals surface area contributed by atoms with E-state index < -0.39 is 10.9 Å². The van der Waals surface area contributed by atoms with Gasteiger partial charge in [-0.2, -0.15) is 0 Å². The van der Waals surface area contributed by atoms with Crippen molar-refractivity contribution in [2.24, 2.45) is 4.99 Å². The number of ether oxygens (including phenoxy) is 1. The lowest BCUT2D eigenvalue weighted by Crippen LogP contribution is -2.06. The molecule has 29 heavy (non-hydrogen) atoms. The summed E-state index contributed by atoms with van der Waals surface area (Å²) in [5.74, 6) is -0.925. The number of para-hydroxylation sites is 1. The molecule has 1 aliphatic rings. The number of nitrogens with zero attached hydrogens (tertiary/aromatic N) is 3. The zero-order valence-electron chi connectivity index (χ0n) is 15.0. The second-order valence-electron chi connectivity index (χ2n) is 6.25. The van der Waals surface area contributed by atoms with E-state index in [4.69, 9.17) is 16.3 Å². The quantitative estimate of drug-likeness (QED) is 0.279. The number of benzene rings is 2. The van der Waals surface area contributed by atoms with Crippen LogP contribution >= 0.6 is 11.6 Å². The molecule has 0 bridgehead atoms. The van der Waals surface area contributed by atoms with Gasteiger partial charge in [0.1, 0.15) is 5.02 Å². The van der Waals surface area contributed by atoms with Gasteiger partial charge in [0, 0.05) is 35.7 Å². The van der Waals surface area contributed by atoms with Crippen molar-refractivity contribution in [3.8, 4) is 0 Å². The van der Waals surface area contributed by atoms with Gasteiger partial charge >= 0.3 is 5.97 Å². The van der Waals surface area contributed by atoms with Crippen molar-refractivity contribution < 1.29 is 19.2 Å². The van der Waals surface area contributed by atoms with E-state index in [1.165, 1.54) is 35.8 Å². The number of esters is 1. The fourth-order valence-corrected chi connectivity index (χ4v) is 3.23. The van der Waals surface area contributed by atoms with Gasteiger partial charge in [0.05, 0.1) is 10.4 Å². The van der Waals surface area contributed by atoms with Crippen molar-refractivity contribution in [1.82, 2.24) is 4.57 Å². The van der Waals surface area contributed by atoms with Crippen LogP contribution in [0, 0.1) is 10.1 Å². The number of carbonyl (C=O) groups excluding carboxylic acids is 2. The van der Waals surface area contributed by atoms with Crippen molar-refractivity contribution in [2.45, 2.75) is 6.92 Å². The Morgan fingerprint density at radius 1 is 1.28 bits per heavy atom. The number of nitro groups is 1. The lowest BCUT2D eigenvalue weighted by atomic mass is 10.1. The number of aromatic nitrogens is 1. The van der Waals surface area contributed by atoms with Gasteiger partial charge in [-0.3, -0.25) is 19.5 Å². The number of aliphatic imine (C=N–C) groups is 1. The average Bonchev–Trinajstić information content (AvgIpc) is 3.23. The lowest BCUT2D eigenvalue weighted by molar-refractivity contribution is -0.384. The summed E-state index contributed by atoms with van der Waals surface area (Å²) in [4.78, 5) is 38.8. The van der Waals surface area contributed by atoms with Crippen LogP contribution in [0.15, 0.2) is 59.4 Å². The fourth-order valence-electron chi connectivity index (χ4n) is 3.05. The molecule has 0 fully saturated rings. The van der Waals surface area contributed by atoms with Crippen LogP contribution in [0.2, 0.25) is 5.02 Å². The van der Waals surface area contributed by atoms with E-state index in [2.05, 4.69) is 4.99 Å². The summed E-state index contributed by atoms with van der Waals surface area (Å²) in [6.07, 6.45) is 3.13. The largest absolute Gasteiger partial charge is 0.402 e. The Morgan fingerprint density at radius 3 is 2.76 bits per heavy atom. The highest BCUT2D eigenvalue weighted by molar-refractivity contribution is 6.32. The molecule has 0 N–H and O–H groups in total. The second-order valence-corrected chi connectivity index (χ2v) is 6.66. The number of hydrogen-bond donors (Lipinski definition) is 0. The van der Waals surface area contributed by atoms with Gasteiger partial charge in [0.15, 0.2) is 5.70 Å². The summed E-state index contributed by atoms with van der Waals surface area (Å²) in [6, 6.07) is 11.3. The van der Waals surface area contributed by atoms with Crippen LogP contribution in [0.3, 0.4) is 0 Å². The van der Waals surface area contributed by atoms with Crippen LogP contribution in [-0.2, 0) is 9.53 Å². The molecular formula is C20H12ClN3O5. The van der Waals surface area contributed by atoms with Gasteiger partial charge in [0.25, 0.3) is 5.69 Å². The summed E-state index contributed by atoms with van der Waals surface area (Å²) < 4.78 is 6.66.